The smallest absolute Gasteiger partial charge is 0.137 e. The molecule has 0 atom stereocenters. The van der Waals surface area contributed by atoms with E-state index in [1.807, 2.05) is 91.7 Å². The average Bonchev–Trinajstić information content (AvgIpc) is 3.94. The molecule has 5 heteroatoms. The first kappa shape index (κ1) is 35.1. The van der Waals surface area contributed by atoms with Gasteiger partial charge in [-0.2, -0.15) is 0 Å². The predicted octanol–water partition coefficient (Wildman–Crippen LogP) is 17.7. The molecule has 0 aliphatic carbocycles. The first-order valence-electron chi connectivity index (χ1n) is 29.5. The number of anilines is 4. The molecule has 0 bridgehead atoms. The lowest BCUT2D eigenvalue weighted by molar-refractivity contribution is 0.483. The van der Waals surface area contributed by atoms with Crippen LogP contribution < -0.4 is 14.5 Å². The molecule has 0 amide bonds. The van der Waals surface area contributed by atoms with Gasteiger partial charge >= 0.3 is 0 Å². The van der Waals surface area contributed by atoms with Gasteiger partial charge in [0.1, 0.15) is 24.0 Å². The third kappa shape index (κ3) is 9.15. The number of para-hydroxylation sites is 2. The topological polar surface area (TPSA) is 33.5 Å². The monoisotopic (exact) mass is 917 g/mol. The van der Waals surface area contributed by atoms with Gasteiger partial charge in [0.15, 0.2) is 0 Å². The maximum atomic E-state index is 9.29. The number of nitrogens with zero attached hydrogens (tertiary/aromatic N) is 4. The summed E-state index contributed by atoms with van der Waals surface area (Å²) in [6, 6.07) is 29.5. The van der Waals surface area contributed by atoms with E-state index in [2.05, 4.69) is 80.5 Å². The maximum Gasteiger partial charge on any atom is 0.137 e. The Morgan fingerprint density at radius 2 is 1.36 bits per heavy atom. The van der Waals surface area contributed by atoms with Crippen LogP contribution in [0.15, 0.2) is 170 Å². The van der Waals surface area contributed by atoms with Gasteiger partial charge < -0.3 is 14.5 Å². The van der Waals surface area contributed by atoms with Crippen molar-refractivity contribution in [1.82, 2.24) is 9.55 Å². The maximum absolute atomic E-state index is 9.29. The fraction of sp³-hybridized carbons (Fsp3) is 0.266. The Morgan fingerprint density at radius 3 is 2.03 bits per heavy atom. The van der Waals surface area contributed by atoms with Crippen molar-refractivity contribution in [3.05, 3.63) is 192 Å². The normalized spacial score (nSPS) is 14.7. The van der Waals surface area contributed by atoms with Crippen LogP contribution >= 0.6 is 0 Å². The molecule has 5 nitrogen and oxygen atoms in total. The van der Waals surface area contributed by atoms with E-state index < -0.39 is 60.4 Å². The minimum Gasteiger partial charge on any atom is -0.457 e. The van der Waals surface area contributed by atoms with Gasteiger partial charge in [-0.1, -0.05) is 152 Å². The molecule has 3 heterocycles. The predicted molar refractivity (Wildman–Crippen MR) is 292 cm³/mol. The number of rotatable bonds is 15. The summed E-state index contributed by atoms with van der Waals surface area (Å²) < 4.78 is 98.4. The number of hydrogen-bond acceptors (Lipinski definition) is 4. The van der Waals surface area contributed by atoms with E-state index >= 15 is 0 Å². The van der Waals surface area contributed by atoms with E-state index in [1.54, 1.807) is 0 Å². The number of aryl methyl sites for hydroxylation is 2. The van der Waals surface area contributed by atoms with Crippen LogP contribution in [0.3, 0.4) is 0 Å². The highest BCUT2D eigenvalue weighted by atomic mass is 16.5. The molecule has 0 saturated carbocycles. The molecule has 348 valence electrons. The Bertz CT molecular complexity index is 3710. The molecule has 0 fully saturated rings. The van der Waals surface area contributed by atoms with Crippen molar-refractivity contribution in [1.29, 1.82) is 0 Å². The third-order valence-electron chi connectivity index (χ3n) is 13.2. The van der Waals surface area contributed by atoms with Crippen LogP contribution in [0.1, 0.15) is 110 Å². The van der Waals surface area contributed by atoms with Gasteiger partial charge in [-0.3, -0.25) is 4.57 Å². The highest BCUT2D eigenvalue weighted by molar-refractivity contribution is 6.11. The Morgan fingerprint density at radius 1 is 0.667 bits per heavy atom. The molecule has 0 unspecified atom stereocenters. The van der Waals surface area contributed by atoms with Crippen LogP contribution in [0, 0.1) is 5.92 Å². The van der Waals surface area contributed by atoms with E-state index in [0.717, 1.165) is 65.7 Å². The number of hydrogen-bond donors (Lipinski definition) is 0. The van der Waals surface area contributed by atoms with Crippen LogP contribution in [0.25, 0.3) is 49.9 Å². The number of aromatic nitrogens is 2. The number of unbranched alkanes of at least 4 members (excludes halogenated alkanes) is 2. The lowest BCUT2D eigenvalue weighted by Gasteiger charge is -2.28. The van der Waals surface area contributed by atoms with Crippen molar-refractivity contribution in [3.8, 4) is 39.6 Å². The lowest BCUT2D eigenvalue weighted by Crippen LogP contribution is -2.25. The molecule has 10 rings (SSSR count). The molecular weight excluding hydrogens is 841 g/mol. The van der Waals surface area contributed by atoms with Crippen LogP contribution in [0.2, 0.25) is 0 Å². The summed E-state index contributed by atoms with van der Waals surface area (Å²) in [6.07, 6.45) is 8.89. The summed E-state index contributed by atoms with van der Waals surface area (Å²) in [6.45, 7) is 15.3. The molecule has 2 aromatic heterocycles. The van der Waals surface area contributed by atoms with E-state index in [4.69, 9.17) is 17.9 Å². The molecule has 7 aromatic carbocycles. The van der Waals surface area contributed by atoms with Gasteiger partial charge in [-0.15, -0.1) is 0 Å². The van der Waals surface area contributed by atoms with Gasteiger partial charge in [0.25, 0.3) is 0 Å². The number of ether oxygens (including phenoxy) is 1. The summed E-state index contributed by atoms with van der Waals surface area (Å²) in [5, 5.41) is 2.38. The molecule has 9 aromatic rings. The van der Waals surface area contributed by atoms with Crippen LogP contribution in [-0.4, -0.2) is 16.2 Å². The number of fused-ring (bicyclic) bond motifs is 4. The van der Waals surface area contributed by atoms with Gasteiger partial charge in [-0.25, -0.2) is 4.98 Å². The zero-order valence-electron chi connectivity index (χ0n) is 50.8. The Hall–Kier alpha value is -7.11. The van der Waals surface area contributed by atoms with E-state index in [9.17, 15) is 5.48 Å². The second-order valence-corrected chi connectivity index (χ2v) is 19.7. The summed E-state index contributed by atoms with van der Waals surface area (Å²) in [7, 11) is 0. The van der Waals surface area contributed by atoms with Gasteiger partial charge in [0.05, 0.1) is 41.8 Å². The van der Waals surface area contributed by atoms with E-state index in [1.165, 1.54) is 28.5 Å². The van der Waals surface area contributed by atoms with Crippen molar-refractivity contribution in [3.63, 3.8) is 0 Å². The third-order valence-corrected chi connectivity index (χ3v) is 13.2. The van der Waals surface area contributed by atoms with Crippen molar-refractivity contribution < 1.29 is 18.4 Å². The zero-order valence-corrected chi connectivity index (χ0v) is 40.8. The number of benzene rings is 7. The van der Waals surface area contributed by atoms with E-state index in [0.29, 0.717) is 34.9 Å². The summed E-state index contributed by atoms with van der Waals surface area (Å²) in [5.41, 5.74) is 9.64. The highest BCUT2D eigenvalue weighted by Gasteiger charge is 2.32. The van der Waals surface area contributed by atoms with Crippen LogP contribution in [0.4, 0.5) is 22.7 Å². The molecule has 0 N–H and O–H groups in total. The van der Waals surface area contributed by atoms with Crippen molar-refractivity contribution >= 4 is 44.6 Å². The molecule has 0 spiro atoms. The van der Waals surface area contributed by atoms with Crippen molar-refractivity contribution in [2.24, 2.45) is 5.92 Å². The lowest BCUT2D eigenvalue weighted by atomic mass is 9.88. The van der Waals surface area contributed by atoms with Gasteiger partial charge in [-0.05, 0) is 137 Å². The summed E-state index contributed by atoms with van der Waals surface area (Å²) in [5.74, 6) is 2.15. The Kier molecular flexibility index (Phi) is 9.90. The quantitative estimate of drug-likeness (QED) is 0.0960. The molecule has 1 aliphatic heterocycles. The summed E-state index contributed by atoms with van der Waals surface area (Å²) >= 11 is 0. The number of pyridine rings is 1. The largest absolute Gasteiger partial charge is 0.457 e. The highest BCUT2D eigenvalue weighted by Crippen LogP contribution is 2.51. The van der Waals surface area contributed by atoms with Crippen LogP contribution in [0.5, 0.6) is 11.5 Å². The van der Waals surface area contributed by atoms with Gasteiger partial charge in [0.2, 0.25) is 0 Å². The van der Waals surface area contributed by atoms with E-state index in [-0.39, 0.29) is 40.3 Å². The molecule has 0 saturated heterocycles. The minimum absolute atomic E-state index is 0.0609. The Balaban J connectivity index is 1.12. The van der Waals surface area contributed by atoms with Crippen molar-refractivity contribution in [2.45, 2.75) is 98.8 Å². The first-order valence-corrected chi connectivity index (χ1v) is 24.5. The fourth-order valence-corrected chi connectivity index (χ4v) is 10.1. The Labute approximate surface area is 424 Å². The van der Waals surface area contributed by atoms with Crippen molar-refractivity contribution in [2.75, 3.05) is 16.5 Å². The second-order valence-electron chi connectivity index (χ2n) is 19.7. The van der Waals surface area contributed by atoms with Crippen LogP contribution in [-0.2, 0) is 24.7 Å². The fourth-order valence-electron chi connectivity index (χ4n) is 10.1. The zero-order chi connectivity index (χ0) is 56.4. The van der Waals surface area contributed by atoms with Gasteiger partial charge in [0, 0.05) is 45.9 Å². The second kappa shape index (κ2) is 19.5. The molecule has 0 radical (unpaired) electrons. The molecule has 1 aliphatic rings. The standard InChI is InChI=1S/C64H66N4O/c1-8-10-13-22-48-31-34-59-62(53(48)21-9-2)54-33-32-52(42-60(54)68(59)61-40-49(35-36-65-61)64(5,6)7)69-51-28-20-27-50(41-51)66-43-67(58-30-19-18-29-57(58)66)63-55(46-23-14-11-15-24-46)38-45(37-44(3)4)39-56(63)47-25-16-12-17-26-47/h11-12,14-20,23-36,38-42,44H,8-10,13,21-22,37,43H2,1-7H3/i11D,12D,14D,15D,16D,17D,23D,24D,25D,26D. The first-order chi connectivity index (χ1) is 37.7. The summed E-state index contributed by atoms with van der Waals surface area (Å²) in [4.78, 5) is 9.03. The average molecular weight is 917 g/mol. The molecule has 69 heavy (non-hydrogen) atoms. The molecular formula is C64H66N4O. The SMILES string of the molecule is [2H]c1c([2H])c([2H])c(-c2cc(CC(C)C)cc(-c3c([2H])c([2H])c([2H])c([2H])c3[2H])c2N2CN(c3cccc(Oc4ccc5c6c(CCC)c(CCCCC)ccc6n(-c6cc(C(C)(C)C)ccn6)c5c4)c3)c3ccccc32)c([2H])c1[2H]. The minimum atomic E-state index is -0.539.